The Balaban J connectivity index is 1.53. The van der Waals surface area contributed by atoms with E-state index in [4.69, 9.17) is 14.6 Å². The van der Waals surface area contributed by atoms with Crippen LogP contribution >= 0.6 is 0 Å². The molecule has 3 N–H and O–H groups in total. The highest BCUT2D eigenvalue weighted by molar-refractivity contribution is 7.89. The van der Waals surface area contributed by atoms with Crippen LogP contribution in [0.5, 0.6) is 11.5 Å². The SMILES string of the molecule is COc1ccc(S(N)(=O)=O)cc1C(=O)NCc1ccc(OCCN2CCCCC2)cc1. The van der Waals surface area contributed by atoms with Gasteiger partial charge in [-0.15, -0.1) is 0 Å². The maximum Gasteiger partial charge on any atom is 0.255 e. The van der Waals surface area contributed by atoms with Crippen LogP contribution in [-0.2, 0) is 16.6 Å². The quantitative estimate of drug-likeness (QED) is 0.609. The number of piperidine rings is 1. The van der Waals surface area contributed by atoms with E-state index < -0.39 is 15.9 Å². The number of amides is 1. The number of nitrogens with one attached hydrogen (secondary N) is 1. The summed E-state index contributed by atoms with van der Waals surface area (Å²) in [5.41, 5.74) is 0.991. The van der Waals surface area contributed by atoms with Gasteiger partial charge in [-0.05, 0) is 61.8 Å². The van der Waals surface area contributed by atoms with Crippen molar-refractivity contribution in [1.29, 1.82) is 0 Å². The molecule has 168 valence electrons. The molecule has 0 atom stereocenters. The summed E-state index contributed by atoms with van der Waals surface area (Å²) in [6.07, 6.45) is 3.84. The standard InChI is InChI=1S/C22H29N3O5S/c1-29-21-10-9-19(31(23,27)28)15-20(21)22(26)24-16-17-5-7-18(8-6-17)30-14-13-25-11-3-2-4-12-25/h5-10,15H,2-4,11-14,16H2,1H3,(H,24,26)(H2,23,27,28). The summed E-state index contributed by atoms with van der Waals surface area (Å²) in [6.45, 7) is 4.14. The molecule has 0 aliphatic carbocycles. The van der Waals surface area contributed by atoms with Crippen LogP contribution in [0.2, 0.25) is 0 Å². The monoisotopic (exact) mass is 447 g/mol. The van der Waals surface area contributed by atoms with Crippen LogP contribution in [0.1, 0.15) is 35.2 Å². The van der Waals surface area contributed by atoms with Crippen molar-refractivity contribution in [3.8, 4) is 11.5 Å². The van der Waals surface area contributed by atoms with Gasteiger partial charge in [-0.1, -0.05) is 18.6 Å². The van der Waals surface area contributed by atoms with Gasteiger partial charge in [-0.25, -0.2) is 13.6 Å². The van der Waals surface area contributed by atoms with Gasteiger partial charge in [-0.2, -0.15) is 0 Å². The van der Waals surface area contributed by atoms with Crippen LogP contribution < -0.4 is 19.9 Å². The van der Waals surface area contributed by atoms with Crippen molar-refractivity contribution >= 4 is 15.9 Å². The number of benzene rings is 2. The van der Waals surface area contributed by atoms with E-state index in [2.05, 4.69) is 10.2 Å². The van der Waals surface area contributed by atoms with Crippen LogP contribution in [0.4, 0.5) is 0 Å². The molecule has 31 heavy (non-hydrogen) atoms. The summed E-state index contributed by atoms with van der Waals surface area (Å²) < 4.78 is 34.1. The average Bonchev–Trinajstić information content (AvgIpc) is 2.78. The first-order valence-electron chi connectivity index (χ1n) is 10.3. The van der Waals surface area contributed by atoms with Gasteiger partial charge in [0, 0.05) is 13.1 Å². The fourth-order valence-corrected chi connectivity index (χ4v) is 4.04. The van der Waals surface area contributed by atoms with Crippen LogP contribution in [0.25, 0.3) is 0 Å². The maximum atomic E-state index is 12.6. The lowest BCUT2D eigenvalue weighted by Gasteiger charge is -2.26. The fraction of sp³-hybridized carbons (Fsp3) is 0.409. The Morgan fingerprint density at radius 2 is 1.81 bits per heavy atom. The number of methoxy groups -OCH3 is 1. The lowest BCUT2D eigenvalue weighted by molar-refractivity contribution is 0.0947. The van der Waals surface area contributed by atoms with Crippen molar-refractivity contribution in [3.63, 3.8) is 0 Å². The minimum atomic E-state index is -3.92. The number of rotatable bonds is 9. The third-order valence-corrected chi connectivity index (χ3v) is 6.16. The number of ether oxygens (including phenoxy) is 2. The molecule has 1 heterocycles. The molecule has 9 heteroatoms. The lowest BCUT2D eigenvalue weighted by Crippen LogP contribution is -2.33. The van der Waals surface area contributed by atoms with E-state index in [1.165, 1.54) is 44.6 Å². The van der Waals surface area contributed by atoms with Crippen molar-refractivity contribution in [2.24, 2.45) is 5.14 Å². The summed E-state index contributed by atoms with van der Waals surface area (Å²) in [5.74, 6) is 0.598. The van der Waals surface area contributed by atoms with Crippen molar-refractivity contribution in [2.75, 3.05) is 33.4 Å². The van der Waals surface area contributed by atoms with E-state index in [0.29, 0.717) is 6.61 Å². The van der Waals surface area contributed by atoms with E-state index in [0.717, 1.165) is 30.9 Å². The molecule has 0 saturated carbocycles. The highest BCUT2D eigenvalue weighted by atomic mass is 32.2. The lowest BCUT2D eigenvalue weighted by atomic mass is 10.1. The molecular formula is C22H29N3O5S. The molecule has 0 spiro atoms. The van der Waals surface area contributed by atoms with Gasteiger partial charge >= 0.3 is 0 Å². The Labute approximate surface area is 183 Å². The van der Waals surface area contributed by atoms with Crippen molar-refractivity contribution < 1.29 is 22.7 Å². The van der Waals surface area contributed by atoms with E-state index in [1.54, 1.807) is 0 Å². The minimum Gasteiger partial charge on any atom is -0.496 e. The number of sulfonamides is 1. The normalized spacial score (nSPS) is 14.8. The second-order valence-electron chi connectivity index (χ2n) is 7.48. The Hall–Kier alpha value is -2.62. The van der Waals surface area contributed by atoms with E-state index in [9.17, 15) is 13.2 Å². The Morgan fingerprint density at radius 3 is 2.45 bits per heavy atom. The summed E-state index contributed by atoms with van der Waals surface area (Å²) in [6, 6.07) is 11.4. The third-order valence-electron chi connectivity index (χ3n) is 5.25. The van der Waals surface area contributed by atoms with Crippen molar-refractivity contribution in [1.82, 2.24) is 10.2 Å². The van der Waals surface area contributed by atoms with Crippen molar-refractivity contribution in [2.45, 2.75) is 30.7 Å². The molecule has 3 rings (SSSR count). The van der Waals surface area contributed by atoms with Crippen LogP contribution in [0, 0.1) is 0 Å². The summed E-state index contributed by atoms with van der Waals surface area (Å²) in [7, 11) is -2.51. The summed E-state index contributed by atoms with van der Waals surface area (Å²) in [5, 5.41) is 7.93. The molecule has 1 fully saturated rings. The van der Waals surface area contributed by atoms with Gasteiger partial charge in [0.1, 0.15) is 18.1 Å². The second-order valence-corrected chi connectivity index (χ2v) is 9.05. The molecule has 2 aromatic rings. The Kier molecular flexibility index (Phi) is 7.89. The van der Waals surface area contributed by atoms with Gasteiger partial charge < -0.3 is 14.8 Å². The fourth-order valence-electron chi connectivity index (χ4n) is 3.50. The number of likely N-dealkylation sites (tertiary alicyclic amines) is 1. The molecule has 1 amide bonds. The largest absolute Gasteiger partial charge is 0.496 e. The number of nitrogens with zero attached hydrogens (tertiary/aromatic N) is 1. The zero-order valence-corrected chi connectivity index (χ0v) is 18.5. The number of hydrogen-bond donors (Lipinski definition) is 2. The highest BCUT2D eigenvalue weighted by Crippen LogP contribution is 2.22. The first kappa shape index (κ1) is 23.1. The van der Waals surface area contributed by atoms with E-state index in [1.807, 2.05) is 24.3 Å². The van der Waals surface area contributed by atoms with Gasteiger partial charge in [0.25, 0.3) is 5.91 Å². The average molecular weight is 448 g/mol. The molecule has 8 nitrogen and oxygen atoms in total. The number of hydrogen-bond acceptors (Lipinski definition) is 6. The van der Waals surface area contributed by atoms with Crippen molar-refractivity contribution in [3.05, 3.63) is 53.6 Å². The van der Waals surface area contributed by atoms with Gasteiger partial charge in [0.15, 0.2) is 0 Å². The predicted octanol–water partition coefficient (Wildman–Crippen LogP) is 2.14. The molecule has 0 unspecified atom stereocenters. The Morgan fingerprint density at radius 1 is 1.10 bits per heavy atom. The van der Waals surface area contributed by atoms with Crippen LogP contribution in [0.15, 0.2) is 47.4 Å². The maximum absolute atomic E-state index is 12.6. The van der Waals surface area contributed by atoms with Crippen LogP contribution in [-0.4, -0.2) is 52.6 Å². The van der Waals surface area contributed by atoms with Gasteiger partial charge in [0.05, 0.1) is 17.6 Å². The first-order chi connectivity index (χ1) is 14.9. The molecule has 0 radical (unpaired) electrons. The number of carbonyl (C=O) groups excluding carboxylic acids is 1. The number of primary sulfonamides is 1. The third kappa shape index (κ3) is 6.68. The predicted molar refractivity (Wildman–Crippen MR) is 118 cm³/mol. The molecule has 0 aromatic heterocycles. The number of nitrogens with two attached hydrogens (primary N) is 1. The zero-order chi connectivity index (χ0) is 22.3. The van der Waals surface area contributed by atoms with Gasteiger partial charge in [0.2, 0.25) is 10.0 Å². The minimum absolute atomic E-state index is 0.103. The van der Waals surface area contributed by atoms with E-state index in [-0.39, 0.29) is 22.8 Å². The summed E-state index contributed by atoms with van der Waals surface area (Å²) >= 11 is 0. The van der Waals surface area contributed by atoms with E-state index >= 15 is 0 Å². The molecule has 0 bridgehead atoms. The summed E-state index contributed by atoms with van der Waals surface area (Å²) in [4.78, 5) is 14.9. The Bertz CT molecular complexity index is 987. The molecule has 2 aromatic carbocycles. The van der Waals surface area contributed by atoms with Crippen LogP contribution in [0.3, 0.4) is 0 Å². The van der Waals surface area contributed by atoms with Gasteiger partial charge in [-0.3, -0.25) is 9.69 Å². The highest BCUT2D eigenvalue weighted by Gasteiger charge is 2.17. The smallest absolute Gasteiger partial charge is 0.255 e. The molecule has 1 saturated heterocycles. The second kappa shape index (κ2) is 10.6. The molecule has 1 aliphatic rings. The molecule has 1 aliphatic heterocycles. The topological polar surface area (TPSA) is 111 Å². The number of carbonyl (C=O) groups is 1. The first-order valence-corrected chi connectivity index (χ1v) is 11.8. The molecular weight excluding hydrogens is 418 g/mol. The zero-order valence-electron chi connectivity index (χ0n) is 17.7.